The Morgan fingerprint density at radius 2 is 1.72 bits per heavy atom. The lowest BCUT2D eigenvalue weighted by Crippen LogP contribution is -2.59. The van der Waals surface area contributed by atoms with Gasteiger partial charge in [-0.1, -0.05) is 32.8 Å². The monoisotopic (exact) mass is 551 g/mol. The van der Waals surface area contributed by atoms with E-state index in [9.17, 15) is 19.2 Å². The van der Waals surface area contributed by atoms with Gasteiger partial charge in [0, 0.05) is 17.4 Å². The summed E-state index contributed by atoms with van der Waals surface area (Å²) in [4.78, 5) is 41.4. The van der Waals surface area contributed by atoms with Crippen molar-refractivity contribution in [1.82, 2.24) is 5.32 Å². The normalized spacial score (nSPS) is 24.2. The first-order valence-electron chi connectivity index (χ1n) is 13.1. The van der Waals surface area contributed by atoms with E-state index in [-0.39, 0.29) is 11.3 Å². The number of benzene rings is 1. The van der Waals surface area contributed by atoms with Crippen LogP contribution in [0, 0.1) is 11.8 Å². The van der Waals surface area contributed by atoms with Crippen LogP contribution in [0.25, 0.3) is 0 Å². The third-order valence-corrected chi connectivity index (χ3v) is 7.92. The van der Waals surface area contributed by atoms with Gasteiger partial charge >= 0.3 is 24.1 Å². The van der Waals surface area contributed by atoms with Crippen LogP contribution >= 0.6 is 0 Å². The van der Waals surface area contributed by atoms with E-state index in [0.717, 1.165) is 18.7 Å². The van der Waals surface area contributed by atoms with Gasteiger partial charge in [-0.25, -0.2) is 9.59 Å². The fourth-order valence-electron chi connectivity index (χ4n) is 6.22. The first-order valence-corrected chi connectivity index (χ1v) is 13.1. The van der Waals surface area contributed by atoms with E-state index < -0.39 is 48.8 Å². The van der Waals surface area contributed by atoms with Crippen LogP contribution in [0.2, 0.25) is 0 Å². The van der Waals surface area contributed by atoms with Crippen molar-refractivity contribution in [2.45, 2.75) is 88.6 Å². The molecular formula is C27H37NO11. The Labute approximate surface area is 225 Å². The van der Waals surface area contributed by atoms with Crippen LogP contribution in [-0.2, 0) is 31.0 Å². The highest BCUT2D eigenvalue weighted by Crippen LogP contribution is 2.54. The molecular weight excluding hydrogens is 514 g/mol. The van der Waals surface area contributed by atoms with Crippen LogP contribution in [0.4, 0.5) is 4.79 Å². The fraction of sp³-hybridized carbons (Fsp3) is 0.630. The maximum Gasteiger partial charge on any atom is 0.508 e. The third-order valence-electron chi connectivity index (χ3n) is 7.92. The van der Waals surface area contributed by atoms with Crippen molar-refractivity contribution in [3.63, 3.8) is 0 Å². The second-order valence-electron chi connectivity index (χ2n) is 10.9. The summed E-state index contributed by atoms with van der Waals surface area (Å²) in [7, 11) is 0. The van der Waals surface area contributed by atoms with Crippen LogP contribution in [0.5, 0.6) is 5.75 Å². The van der Waals surface area contributed by atoms with Gasteiger partial charge in [-0.05, 0) is 61.4 Å². The molecule has 0 aromatic heterocycles. The Hall–Kier alpha value is -3.38. The highest BCUT2D eigenvalue weighted by atomic mass is 16.8. The zero-order valence-electron chi connectivity index (χ0n) is 22.1. The predicted octanol–water partition coefficient (Wildman–Crippen LogP) is 2.84. The van der Waals surface area contributed by atoms with Gasteiger partial charge in [0.25, 0.3) is 0 Å². The zero-order valence-corrected chi connectivity index (χ0v) is 22.1. The predicted molar refractivity (Wildman–Crippen MR) is 136 cm³/mol. The van der Waals surface area contributed by atoms with Crippen LogP contribution < -0.4 is 10.1 Å². The summed E-state index contributed by atoms with van der Waals surface area (Å²) < 4.78 is 10.9. The molecule has 2 aliphatic carbocycles. The molecule has 1 unspecified atom stereocenters. The van der Waals surface area contributed by atoms with Crippen molar-refractivity contribution >= 4 is 24.1 Å². The van der Waals surface area contributed by atoms with Gasteiger partial charge in [0.1, 0.15) is 5.75 Å². The molecule has 0 radical (unpaired) electrons. The smallest absolute Gasteiger partial charge is 0.481 e. The van der Waals surface area contributed by atoms with Gasteiger partial charge in [0.05, 0.1) is 12.8 Å². The summed E-state index contributed by atoms with van der Waals surface area (Å²) in [6.45, 7) is 4.89. The van der Waals surface area contributed by atoms with Crippen molar-refractivity contribution in [2.24, 2.45) is 11.8 Å². The second kappa shape index (κ2) is 12.2. The summed E-state index contributed by atoms with van der Waals surface area (Å²) in [6, 6.07) is 6.92. The molecule has 4 rings (SSSR count). The second-order valence-corrected chi connectivity index (χ2v) is 10.9. The number of rotatable bonds is 9. The molecule has 12 heteroatoms. The third kappa shape index (κ3) is 6.99. The number of nitrogens with one attached hydrogen (secondary N) is 1. The average Bonchev–Trinajstić information content (AvgIpc) is 2.83. The van der Waals surface area contributed by atoms with Gasteiger partial charge in [-0.15, -0.1) is 0 Å². The van der Waals surface area contributed by atoms with Crippen molar-refractivity contribution < 1.29 is 54.2 Å². The van der Waals surface area contributed by atoms with Crippen LogP contribution in [0.1, 0.15) is 69.9 Å². The minimum atomic E-state index is -2.74. The number of fused-ring (bicyclic) bond motifs is 1. The number of carboxylic acids is 3. The topological polar surface area (TPSA) is 200 Å². The molecule has 1 aromatic rings. The Balaban J connectivity index is 0.000000276. The van der Waals surface area contributed by atoms with Crippen molar-refractivity contribution in [3.8, 4) is 5.75 Å². The molecule has 1 aliphatic heterocycles. The molecule has 2 bridgehead atoms. The molecule has 1 aromatic carbocycles. The molecule has 0 amide bonds. The Bertz CT molecular complexity index is 1070. The fourth-order valence-corrected chi connectivity index (χ4v) is 6.22. The van der Waals surface area contributed by atoms with Crippen LogP contribution in [0.3, 0.4) is 0 Å². The molecule has 2 fully saturated rings. The lowest BCUT2D eigenvalue weighted by molar-refractivity contribution is -0.170. The maximum atomic E-state index is 11.0. The van der Waals surface area contributed by atoms with Gasteiger partial charge in [0.15, 0.2) is 5.60 Å². The van der Waals surface area contributed by atoms with Gasteiger partial charge in [-0.3, -0.25) is 9.59 Å². The number of hydrogen-bond acceptors (Lipinski definition) is 8. The molecule has 12 nitrogen and oxygen atoms in total. The molecule has 216 valence electrons. The number of ether oxygens (including phenoxy) is 2. The summed E-state index contributed by atoms with van der Waals surface area (Å²) in [5.74, 6) is -3.64. The number of piperidine rings is 1. The van der Waals surface area contributed by atoms with E-state index in [1.54, 1.807) is 0 Å². The van der Waals surface area contributed by atoms with Gasteiger partial charge in [-0.2, -0.15) is 0 Å². The highest BCUT2D eigenvalue weighted by Gasteiger charge is 2.51. The summed E-state index contributed by atoms with van der Waals surface area (Å²) in [5, 5.41) is 46.5. The first-order chi connectivity index (χ1) is 18.3. The van der Waals surface area contributed by atoms with E-state index in [4.69, 9.17) is 35.0 Å². The SMILES string of the molecule is CC(C)C(OC(=O)O)Oc1ccc2c(c1)[C@@]13CCCC[C@H]1[C@@H](C2)NCC3.O=C(O)CC(O)(CC(=O)O)C(=O)O. The Morgan fingerprint density at radius 1 is 1.05 bits per heavy atom. The molecule has 39 heavy (non-hydrogen) atoms. The van der Waals surface area contributed by atoms with Crippen LogP contribution in [0.15, 0.2) is 18.2 Å². The summed E-state index contributed by atoms with van der Waals surface area (Å²) in [6.07, 6.45) is 3.09. The van der Waals surface area contributed by atoms with E-state index in [0.29, 0.717) is 12.0 Å². The minimum absolute atomic E-state index is 0.0500. The number of aliphatic carboxylic acids is 3. The average molecular weight is 552 g/mol. The number of aliphatic hydroxyl groups is 1. The van der Waals surface area contributed by atoms with E-state index in [1.165, 1.54) is 43.2 Å². The minimum Gasteiger partial charge on any atom is -0.481 e. The van der Waals surface area contributed by atoms with Gasteiger partial charge in [0.2, 0.25) is 6.29 Å². The quantitative estimate of drug-likeness (QED) is 0.194. The molecule has 0 spiro atoms. The van der Waals surface area contributed by atoms with Crippen molar-refractivity contribution in [3.05, 3.63) is 29.3 Å². The maximum absolute atomic E-state index is 11.0. The number of carboxylic acid groups (broad SMARTS) is 4. The van der Waals surface area contributed by atoms with Crippen LogP contribution in [-0.4, -0.2) is 74.1 Å². The first kappa shape index (κ1) is 30.2. The molecule has 1 heterocycles. The van der Waals surface area contributed by atoms with Crippen molar-refractivity contribution in [1.29, 1.82) is 0 Å². The molecule has 1 saturated heterocycles. The highest BCUT2D eigenvalue weighted by molar-refractivity contribution is 5.88. The Kier molecular flexibility index (Phi) is 9.44. The molecule has 6 N–H and O–H groups in total. The van der Waals surface area contributed by atoms with E-state index in [2.05, 4.69) is 17.4 Å². The standard InChI is InChI=1S/C21H29NO4.C6H8O7/c1-13(2)19(26-20(23)24)25-15-7-6-14-11-18-16-5-3-4-8-21(16,9-10-22-18)17(14)12-15;7-3(8)1-6(13,5(11)12)2-4(9)10/h6-7,12-13,16,18-19,22H,3-5,8-11H2,1-2H3,(H,23,24);13H,1-2H2,(H,7,8)(H,9,10)(H,11,12)/t16-,18+,19?,21+;/m0./s1. The lowest BCUT2D eigenvalue weighted by atomic mass is 9.53. The molecule has 1 saturated carbocycles. The van der Waals surface area contributed by atoms with E-state index >= 15 is 0 Å². The van der Waals surface area contributed by atoms with Gasteiger partial charge < -0.3 is 40.3 Å². The summed E-state index contributed by atoms with van der Waals surface area (Å²) in [5.41, 5.74) is 0.392. The lowest BCUT2D eigenvalue weighted by Gasteiger charge is -2.56. The zero-order chi connectivity index (χ0) is 29.0. The summed E-state index contributed by atoms with van der Waals surface area (Å²) >= 11 is 0. The number of carbonyl (C=O) groups is 4. The molecule has 4 atom stereocenters. The van der Waals surface area contributed by atoms with E-state index in [1.807, 2.05) is 19.9 Å². The number of hydrogen-bond donors (Lipinski definition) is 6. The molecule has 3 aliphatic rings. The van der Waals surface area contributed by atoms with Crippen molar-refractivity contribution in [2.75, 3.05) is 6.54 Å². The largest absolute Gasteiger partial charge is 0.508 e. The Morgan fingerprint density at radius 3 is 2.28 bits per heavy atom.